The van der Waals surface area contributed by atoms with Gasteiger partial charge in [0, 0.05) is 38.8 Å². The van der Waals surface area contributed by atoms with Crippen molar-refractivity contribution in [1.29, 1.82) is 0 Å². The molecular weight excluding hydrogens is 360 g/mol. The predicted octanol–water partition coefficient (Wildman–Crippen LogP) is 0.462. The molecule has 1 aromatic carbocycles. The summed E-state index contributed by atoms with van der Waals surface area (Å²) in [6.45, 7) is 8.36. The molecule has 0 unspecified atom stereocenters. The van der Waals surface area contributed by atoms with Crippen molar-refractivity contribution in [2.75, 3.05) is 53.5 Å². The maximum atomic E-state index is 12.0. The van der Waals surface area contributed by atoms with E-state index in [0.717, 1.165) is 44.2 Å². The van der Waals surface area contributed by atoms with Crippen molar-refractivity contribution in [3.63, 3.8) is 0 Å². The van der Waals surface area contributed by atoms with E-state index in [1.165, 1.54) is 5.56 Å². The molecule has 1 aliphatic rings. The fourth-order valence-corrected chi connectivity index (χ4v) is 3.15. The second-order valence-corrected chi connectivity index (χ2v) is 7.24. The normalized spacial score (nSPS) is 15.3. The monoisotopic (exact) mass is 392 g/mol. The summed E-state index contributed by atoms with van der Waals surface area (Å²) < 4.78 is 10.6. The molecule has 1 saturated heterocycles. The molecule has 0 bridgehead atoms. The van der Waals surface area contributed by atoms with Crippen molar-refractivity contribution in [2.45, 2.75) is 26.4 Å². The van der Waals surface area contributed by atoms with Gasteiger partial charge in [-0.3, -0.25) is 19.4 Å². The van der Waals surface area contributed by atoms with Crippen molar-refractivity contribution in [2.24, 2.45) is 0 Å². The molecule has 1 aliphatic heterocycles. The number of nitrogens with one attached hydrogen (secondary N) is 2. The number of piperazine rings is 1. The van der Waals surface area contributed by atoms with E-state index < -0.39 is 0 Å². The summed E-state index contributed by atoms with van der Waals surface area (Å²) in [5, 5.41) is 5.43. The third kappa shape index (κ3) is 7.01. The van der Waals surface area contributed by atoms with E-state index in [-0.39, 0.29) is 24.4 Å². The smallest absolute Gasteiger partial charge is 0.239 e. The predicted molar refractivity (Wildman–Crippen MR) is 108 cm³/mol. The van der Waals surface area contributed by atoms with Gasteiger partial charge in [-0.05, 0) is 31.5 Å². The summed E-state index contributed by atoms with van der Waals surface area (Å²) >= 11 is 0. The molecule has 1 fully saturated rings. The van der Waals surface area contributed by atoms with Crippen LogP contribution >= 0.6 is 0 Å². The molecule has 1 heterocycles. The molecule has 1 aromatic rings. The number of carbonyl (C=O) groups is 2. The number of ether oxygens (including phenoxy) is 2. The van der Waals surface area contributed by atoms with Crippen molar-refractivity contribution in [1.82, 2.24) is 20.4 Å². The summed E-state index contributed by atoms with van der Waals surface area (Å²) in [6.07, 6.45) is 0. The Morgan fingerprint density at radius 2 is 1.64 bits per heavy atom. The standard InChI is InChI=1S/C20H32N4O4/c1-15(2)22-19(25)12-21-20(26)14-24-9-7-23(8-10-24)13-16-5-6-17(27-3)18(11-16)28-4/h5-6,11,15H,7-10,12-14H2,1-4H3,(H,21,26)(H,22,25). The minimum Gasteiger partial charge on any atom is -0.493 e. The number of amides is 2. The molecule has 2 N–H and O–H groups in total. The van der Waals surface area contributed by atoms with Gasteiger partial charge in [0.25, 0.3) is 0 Å². The van der Waals surface area contributed by atoms with Gasteiger partial charge in [0.1, 0.15) is 0 Å². The molecule has 0 atom stereocenters. The highest BCUT2D eigenvalue weighted by molar-refractivity contribution is 5.85. The van der Waals surface area contributed by atoms with Gasteiger partial charge in [-0.1, -0.05) is 6.07 Å². The van der Waals surface area contributed by atoms with Crippen LogP contribution in [-0.2, 0) is 16.1 Å². The number of rotatable bonds is 9. The first kappa shape index (κ1) is 22.0. The van der Waals surface area contributed by atoms with Gasteiger partial charge in [-0.15, -0.1) is 0 Å². The molecule has 28 heavy (non-hydrogen) atoms. The van der Waals surface area contributed by atoms with Gasteiger partial charge < -0.3 is 20.1 Å². The number of nitrogens with zero attached hydrogens (tertiary/aromatic N) is 2. The zero-order valence-corrected chi connectivity index (χ0v) is 17.3. The van der Waals surface area contributed by atoms with Gasteiger partial charge >= 0.3 is 0 Å². The largest absolute Gasteiger partial charge is 0.493 e. The number of carbonyl (C=O) groups excluding carboxylic acids is 2. The summed E-state index contributed by atoms with van der Waals surface area (Å²) in [5.41, 5.74) is 1.17. The number of hydrogen-bond donors (Lipinski definition) is 2. The van der Waals surface area contributed by atoms with E-state index in [4.69, 9.17) is 9.47 Å². The summed E-state index contributed by atoms with van der Waals surface area (Å²) in [5.74, 6) is 1.18. The van der Waals surface area contributed by atoms with Crippen LogP contribution < -0.4 is 20.1 Å². The van der Waals surface area contributed by atoms with Crippen LogP contribution in [0.25, 0.3) is 0 Å². The van der Waals surface area contributed by atoms with Gasteiger partial charge in [0.15, 0.2) is 11.5 Å². The lowest BCUT2D eigenvalue weighted by Gasteiger charge is -2.34. The zero-order chi connectivity index (χ0) is 20.5. The van der Waals surface area contributed by atoms with Crippen LogP contribution in [0.4, 0.5) is 0 Å². The molecule has 8 heteroatoms. The summed E-state index contributed by atoms with van der Waals surface area (Å²) in [7, 11) is 3.27. The Morgan fingerprint density at radius 1 is 1.00 bits per heavy atom. The molecule has 0 aliphatic carbocycles. The van der Waals surface area contributed by atoms with E-state index >= 15 is 0 Å². The Labute approximate surface area is 167 Å². The second kappa shape index (κ2) is 10.9. The second-order valence-electron chi connectivity index (χ2n) is 7.24. The first-order chi connectivity index (χ1) is 13.4. The van der Waals surface area contributed by atoms with E-state index in [0.29, 0.717) is 6.54 Å². The van der Waals surface area contributed by atoms with Crippen LogP contribution in [0.2, 0.25) is 0 Å². The Kier molecular flexibility index (Phi) is 8.53. The maximum absolute atomic E-state index is 12.0. The molecule has 0 saturated carbocycles. The van der Waals surface area contributed by atoms with Gasteiger partial charge in [-0.25, -0.2) is 0 Å². The average Bonchev–Trinajstić information content (AvgIpc) is 2.67. The Hall–Kier alpha value is -2.32. The topological polar surface area (TPSA) is 83.1 Å². The fourth-order valence-electron chi connectivity index (χ4n) is 3.15. The number of hydrogen-bond acceptors (Lipinski definition) is 6. The quantitative estimate of drug-likeness (QED) is 0.635. The van der Waals surface area contributed by atoms with Crippen LogP contribution in [0.3, 0.4) is 0 Å². The van der Waals surface area contributed by atoms with E-state index in [1.54, 1.807) is 14.2 Å². The Balaban J connectivity index is 1.72. The minimum absolute atomic E-state index is 0.0241. The van der Waals surface area contributed by atoms with Crippen molar-refractivity contribution >= 4 is 11.8 Å². The molecule has 156 valence electrons. The Morgan fingerprint density at radius 3 is 2.25 bits per heavy atom. The summed E-state index contributed by atoms with van der Waals surface area (Å²) in [6, 6.07) is 6.04. The number of benzene rings is 1. The van der Waals surface area contributed by atoms with Gasteiger partial charge in [0.05, 0.1) is 27.3 Å². The van der Waals surface area contributed by atoms with Crippen molar-refractivity contribution in [3.05, 3.63) is 23.8 Å². The van der Waals surface area contributed by atoms with Gasteiger partial charge in [0.2, 0.25) is 11.8 Å². The van der Waals surface area contributed by atoms with Gasteiger partial charge in [-0.2, -0.15) is 0 Å². The van der Waals surface area contributed by atoms with Crippen LogP contribution in [0.15, 0.2) is 18.2 Å². The molecular formula is C20H32N4O4. The van der Waals surface area contributed by atoms with Crippen molar-refractivity contribution < 1.29 is 19.1 Å². The minimum atomic E-state index is -0.164. The average molecular weight is 393 g/mol. The maximum Gasteiger partial charge on any atom is 0.239 e. The van der Waals surface area contributed by atoms with Crippen molar-refractivity contribution in [3.8, 4) is 11.5 Å². The SMILES string of the molecule is COc1ccc(CN2CCN(CC(=O)NCC(=O)NC(C)C)CC2)cc1OC. The van der Waals surface area contributed by atoms with Crippen LogP contribution in [0, 0.1) is 0 Å². The van der Waals surface area contributed by atoms with Crippen LogP contribution in [-0.4, -0.2) is 81.1 Å². The Bertz CT molecular complexity index is 658. The third-order valence-corrected chi connectivity index (χ3v) is 4.58. The lowest BCUT2D eigenvalue weighted by Crippen LogP contribution is -2.50. The molecule has 0 radical (unpaired) electrons. The highest BCUT2D eigenvalue weighted by Gasteiger charge is 2.19. The molecule has 2 rings (SSSR count). The molecule has 0 aromatic heterocycles. The lowest BCUT2D eigenvalue weighted by molar-refractivity contribution is -0.127. The zero-order valence-electron chi connectivity index (χ0n) is 17.3. The highest BCUT2D eigenvalue weighted by atomic mass is 16.5. The van der Waals surface area contributed by atoms with E-state index in [9.17, 15) is 9.59 Å². The molecule has 8 nitrogen and oxygen atoms in total. The van der Waals surface area contributed by atoms with E-state index in [2.05, 4.69) is 20.4 Å². The van der Waals surface area contributed by atoms with Crippen LogP contribution in [0.1, 0.15) is 19.4 Å². The summed E-state index contributed by atoms with van der Waals surface area (Å²) in [4.78, 5) is 28.1. The third-order valence-electron chi connectivity index (χ3n) is 4.58. The highest BCUT2D eigenvalue weighted by Crippen LogP contribution is 2.28. The first-order valence-corrected chi connectivity index (χ1v) is 9.63. The van der Waals surface area contributed by atoms with E-state index in [1.807, 2.05) is 32.0 Å². The molecule has 0 spiro atoms. The van der Waals surface area contributed by atoms with Crippen LogP contribution in [0.5, 0.6) is 11.5 Å². The first-order valence-electron chi connectivity index (χ1n) is 9.63. The molecule has 2 amide bonds. The number of methoxy groups -OCH3 is 2. The fraction of sp³-hybridized carbons (Fsp3) is 0.600. The lowest BCUT2D eigenvalue weighted by atomic mass is 10.1.